The van der Waals surface area contributed by atoms with Gasteiger partial charge in [0.05, 0.1) is 12.5 Å². The fourth-order valence-electron chi connectivity index (χ4n) is 4.58. The zero-order valence-electron chi connectivity index (χ0n) is 17.6. The molecule has 1 saturated carbocycles. The predicted octanol–water partition coefficient (Wildman–Crippen LogP) is 4.70. The van der Waals surface area contributed by atoms with Gasteiger partial charge >= 0.3 is 6.03 Å². The van der Waals surface area contributed by atoms with Crippen molar-refractivity contribution in [3.8, 4) is 11.4 Å². The van der Waals surface area contributed by atoms with Crippen molar-refractivity contribution in [2.75, 3.05) is 0 Å². The van der Waals surface area contributed by atoms with Crippen LogP contribution in [0, 0.1) is 12.8 Å². The van der Waals surface area contributed by atoms with Gasteiger partial charge in [0.25, 0.3) is 0 Å². The predicted molar refractivity (Wildman–Crippen MR) is 119 cm³/mol. The molecule has 0 bridgehead atoms. The number of rotatable bonds is 4. The van der Waals surface area contributed by atoms with Gasteiger partial charge in [-0.15, -0.1) is 0 Å². The van der Waals surface area contributed by atoms with E-state index in [9.17, 15) is 9.59 Å². The van der Waals surface area contributed by atoms with E-state index >= 15 is 0 Å². The van der Waals surface area contributed by atoms with Crippen LogP contribution in [0.4, 0.5) is 4.79 Å². The molecule has 1 aromatic heterocycles. The summed E-state index contributed by atoms with van der Waals surface area (Å²) in [6, 6.07) is 14.6. The molecular weight excluding hydrogens is 428 g/mol. The number of benzene rings is 2. The summed E-state index contributed by atoms with van der Waals surface area (Å²) < 4.78 is 5.55. The molecule has 0 spiro atoms. The lowest BCUT2D eigenvalue weighted by molar-refractivity contribution is -0.137. The highest BCUT2D eigenvalue weighted by Crippen LogP contribution is 2.38. The van der Waals surface area contributed by atoms with E-state index in [1.165, 1.54) is 4.90 Å². The Labute approximate surface area is 190 Å². The fourth-order valence-corrected chi connectivity index (χ4v) is 4.79. The normalized spacial score (nSPS) is 23.1. The molecule has 3 atom stereocenters. The highest BCUT2D eigenvalue weighted by Gasteiger charge is 2.45. The number of hydrogen-bond acceptors (Lipinski definition) is 5. The minimum absolute atomic E-state index is 0.00975. The molecule has 2 heterocycles. The molecule has 2 aliphatic rings. The third-order valence-electron chi connectivity index (χ3n) is 6.32. The zero-order valence-corrected chi connectivity index (χ0v) is 18.4. The molecule has 3 unspecified atom stereocenters. The molecule has 3 aromatic rings. The average Bonchev–Trinajstić information content (AvgIpc) is 3.27. The van der Waals surface area contributed by atoms with Gasteiger partial charge in [-0.05, 0) is 43.9 Å². The summed E-state index contributed by atoms with van der Waals surface area (Å²) in [4.78, 5) is 31.7. The van der Waals surface area contributed by atoms with Crippen LogP contribution < -0.4 is 5.32 Å². The van der Waals surface area contributed by atoms with Gasteiger partial charge < -0.3 is 9.84 Å². The molecule has 2 fully saturated rings. The van der Waals surface area contributed by atoms with Crippen LogP contribution in [0.2, 0.25) is 5.02 Å². The van der Waals surface area contributed by atoms with Gasteiger partial charge in [-0.25, -0.2) is 4.79 Å². The lowest BCUT2D eigenvalue weighted by Crippen LogP contribution is -2.60. The number of halogens is 1. The maximum Gasteiger partial charge on any atom is 0.324 e. The maximum atomic E-state index is 13.1. The van der Waals surface area contributed by atoms with Crippen LogP contribution in [0.3, 0.4) is 0 Å². The van der Waals surface area contributed by atoms with Crippen LogP contribution in [-0.4, -0.2) is 33.0 Å². The van der Waals surface area contributed by atoms with Crippen molar-refractivity contribution in [1.82, 2.24) is 20.4 Å². The first-order valence-electron chi connectivity index (χ1n) is 10.7. The topological polar surface area (TPSA) is 88.3 Å². The second-order valence-electron chi connectivity index (χ2n) is 8.55. The van der Waals surface area contributed by atoms with E-state index in [-0.39, 0.29) is 36.4 Å². The van der Waals surface area contributed by atoms with Crippen LogP contribution in [-0.2, 0) is 11.3 Å². The van der Waals surface area contributed by atoms with Crippen molar-refractivity contribution in [2.24, 2.45) is 5.92 Å². The van der Waals surface area contributed by atoms with Gasteiger partial charge in [0.1, 0.15) is 0 Å². The van der Waals surface area contributed by atoms with E-state index in [1.807, 2.05) is 43.3 Å². The third kappa shape index (κ3) is 4.00. The van der Waals surface area contributed by atoms with Gasteiger partial charge in [-0.3, -0.25) is 9.69 Å². The molecule has 1 saturated heterocycles. The SMILES string of the molecule is Cc1ccc(-c2noc(C3CCC4C(=O)N(Cc5cccc(Cl)c5)C(=O)NC4C3)n2)cc1. The number of aromatic nitrogens is 2. The lowest BCUT2D eigenvalue weighted by Gasteiger charge is -2.41. The molecule has 1 aliphatic carbocycles. The zero-order chi connectivity index (χ0) is 22.2. The summed E-state index contributed by atoms with van der Waals surface area (Å²) in [6.45, 7) is 2.24. The quantitative estimate of drug-likeness (QED) is 0.622. The van der Waals surface area contributed by atoms with Crippen LogP contribution in [0.15, 0.2) is 53.1 Å². The minimum atomic E-state index is -0.372. The summed E-state index contributed by atoms with van der Waals surface area (Å²) in [5, 5.41) is 7.73. The van der Waals surface area contributed by atoms with Crippen molar-refractivity contribution in [2.45, 2.75) is 44.7 Å². The molecule has 1 N–H and O–H groups in total. The smallest absolute Gasteiger partial charge is 0.324 e. The van der Waals surface area contributed by atoms with Crippen LogP contribution in [0.25, 0.3) is 11.4 Å². The standard InChI is InChI=1S/C24H23ClN4O3/c1-14-5-7-16(8-6-14)21-27-22(32-28-21)17-9-10-19-20(12-17)26-24(31)29(23(19)30)13-15-3-2-4-18(25)11-15/h2-8,11,17,19-20H,9-10,12-13H2,1H3,(H,26,31). The van der Waals surface area contributed by atoms with E-state index < -0.39 is 0 Å². The van der Waals surface area contributed by atoms with Gasteiger partial charge in [-0.1, -0.05) is 58.7 Å². The first kappa shape index (κ1) is 20.7. The number of aryl methyl sites for hydroxylation is 1. The molecule has 2 aromatic carbocycles. The monoisotopic (exact) mass is 450 g/mol. The Balaban J connectivity index is 1.28. The third-order valence-corrected chi connectivity index (χ3v) is 6.55. The summed E-state index contributed by atoms with van der Waals surface area (Å²) in [6.07, 6.45) is 2.01. The molecule has 5 rings (SSSR count). The van der Waals surface area contributed by atoms with Gasteiger partial charge in [0, 0.05) is 22.5 Å². The van der Waals surface area contributed by atoms with Gasteiger partial charge in [0.2, 0.25) is 17.6 Å². The highest BCUT2D eigenvalue weighted by atomic mass is 35.5. The Morgan fingerprint density at radius 2 is 1.97 bits per heavy atom. The number of urea groups is 1. The minimum Gasteiger partial charge on any atom is -0.339 e. The molecule has 32 heavy (non-hydrogen) atoms. The van der Waals surface area contributed by atoms with Crippen molar-refractivity contribution in [3.63, 3.8) is 0 Å². The van der Waals surface area contributed by atoms with E-state index in [1.54, 1.807) is 12.1 Å². The summed E-state index contributed by atoms with van der Waals surface area (Å²) in [7, 11) is 0. The number of hydrogen-bond donors (Lipinski definition) is 1. The Morgan fingerprint density at radius 1 is 1.16 bits per heavy atom. The van der Waals surface area contributed by atoms with Crippen molar-refractivity contribution in [3.05, 3.63) is 70.6 Å². The van der Waals surface area contributed by atoms with E-state index in [2.05, 4.69) is 15.5 Å². The Kier molecular flexibility index (Phi) is 5.43. The van der Waals surface area contributed by atoms with E-state index in [4.69, 9.17) is 16.1 Å². The van der Waals surface area contributed by atoms with E-state index in [0.29, 0.717) is 29.6 Å². The highest BCUT2D eigenvalue weighted by molar-refractivity contribution is 6.30. The molecule has 0 radical (unpaired) electrons. The lowest BCUT2D eigenvalue weighted by atomic mass is 9.76. The largest absolute Gasteiger partial charge is 0.339 e. The fraction of sp³-hybridized carbons (Fsp3) is 0.333. The maximum absolute atomic E-state index is 13.1. The molecule has 7 nitrogen and oxygen atoms in total. The van der Waals surface area contributed by atoms with E-state index in [0.717, 1.165) is 23.1 Å². The number of carbonyl (C=O) groups is 2. The number of fused-ring (bicyclic) bond motifs is 1. The Morgan fingerprint density at radius 3 is 2.75 bits per heavy atom. The summed E-state index contributed by atoms with van der Waals surface area (Å²) in [5.74, 6) is 0.738. The first-order valence-corrected chi connectivity index (χ1v) is 11.1. The first-order chi connectivity index (χ1) is 15.5. The van der Waals surface area contributed by atoms with Crippen molar-refractivity contribution < 1.29 is 14.1 Å². The second-order valence-corrected chi connectivity index (χ2v) is 8.99. The number of amides is 3. The second kappa shape index (κ2) is 8.39. The van der Waals surface area contributed by atoms with Gasteiger partial charge in [-0.2, -0.15) is 4.98 Å². The summed E-state index contributed by atoms with van der Waals surface area (Å²) in [5.41, 5.74) is 2.89. The Bertz CT molecular complexity index is 1160. The molecular formula is C24H23ClN4O3. The van der Waals surface area contributed by atoms with Crippen LogP contribution in [0.1, 0.15) is 42.2 Å². The number of imide groups is 1. The Hall–Kier alpha value is -3.19. The van der Waals surface area contributed by atoms with Gasteiger partial charge in [0.15, 0.2) is 0 Å². The van der Waals surface area contributed by atoms with Crippen molar-refractivity contribution in [1.29, 1.82) is 0 Å². The molecule has 1 aliphatic heterocycles. The van der Waals surface area contributed by atoms with Crippen LogP contribution in [0.5, 0.6) is 0 Å². The molecule has 3 amide bonds. The number of carbonyl (C=O) groups excluding carboxylic acids is 2. The summed E-state index contributed by atoms with van der Waals surface area (Å²) >= 11 is 6.04. The van der Waals surface area contributed by atoms with Crippen LogP contribution >= 0.6 is 11.6 Å². The molecule has 164 valence electrons. The average molecular weight is 451 g/mol. The molecule has 8 heteroatoms. The number of nitrogens with zero attached hydrogens (tertiary/aromatic N) is 3. The number of nitrogens with one attached hydrogen (secondary N) is 1. The van der Waals surface area contributed by atoms with Crippen molar-refractivity contribution >= 4 is 23.5 Å².